The predicted molar refractivity (Wildman–Crippen MR) is 126 cm³/mol. The van der Waals surface area contributed by atoms with Crippen molar-refractivity contribution < 1.29 is 31.9 Å². The van der Waals surface area contributed by atoms with E-state index in [0.717, 1.165) is 11.5 Å². The molecule has 10 heteroatoms. The summed E-state index contributed by atoms with van der Waals surface area (Å²) < 4.78 is 53.2. The van der Waals surface area contributed by atoms with Crippen molar-refractivity contribution in [2.45, 2.75) is 0 Å². The Kier molecular flexibility index (Phi) is 13.1. The van der Waals surface area contributed by atoms with E-state index in [2.05, 4.69) is 0 Å². The van der Waals surface area contributed by atoms with Crippen LogP contribution in [0.5, 0.6) is 11.5 Å². The predicted octanol–water partition coefficient (Wildman–Crippen LogP) is 3.02. The average molecular weight is 486 g/mol. The van der Waals surface area contributed by atoms with Crippen LogP contribution in [0.25, 0.3) is 0 Å². The molecule has 2 rings (SSSR count). The lowest BCUT2D eigenvalue weighted by Crippen LogP contribution is -2.33. The van der Waals surface area contributed by atoms with E-state index in [-0.39, 0.29) is 5.75 Å². The second-order valence-corrected chi connectivity index (χ2v) is 10.1. The van der Waals surface area contributed by atoms with Gasteiger partial charge in [0.2, 0.25) is 0 Å². The van der Waals surface area contributed by atoms with Crippen LogP contribution in [-0.4, -0.2) is 82.9 Å². The fourth-order valence-electron chi connectivity index (χ4n) is 2.67. The van der Waals surface area contributed by atoms with Crippen molar-refractivity contribution in [3.63, 3.8) is 0 Å². The largest absolute Gasteiger partial charge is 0.491 e. The first kappa shape index (κ1) is 26.4. The van der Waals surface area contributed by atoms with Crippen LogP contribution in [0.2, 0.25) is 0 Å². The van der Waals surface area contributed by atoms with E-state index in [0.29, 0.717) is 70.1 Å². The first-order valence-electron chi connectivity index (χ1n) is 10.4. The van der Waals surface area contributed by atoms with Gasteiger partial charge in [0.05, 0.1) is 26.4 Å². The lowest BCUT2D eigenvalue weighted by atomic mass is 10.3. The SMILES string of the molecule is O=S(=O)(O)SCCN(CCOCCOc1ccccc1)CCOCCOc1ccccc1. The van der Waals surface area contributed by atoms with E-state index in [1.165, 1.54) is 0 Å². The standard InChI is InChI=1S/C22H31NO7S2/c24-32(25,26)31-20-13-23(11-14-27-16-18-29-21-7-3-1-4-8-21)12-15-28-17-19-30-22-9-5-2-6-10-22/h1-10H,11-20H2,(H,24,25,26). The molecule has 0 aromatic heterocycles. The van der Waals surface area contributed by atoms with Crippen molar-refractivity contribution in [2.24, 2.45) is 0 Å². The summed E-state index contributed by atoms with van der Waals surface area (Å²) in [5.74, 6) is 1.86. The van der Waals surface area contributed by atoms with E-state index in [4.69, 9.17) is 23.5 Å². The number of benzene rings is 2. The lowest BCUT2D eigenvalue weighted by Gasteiger charge is -2.21. The molecule has 0 saturated heterocycles. The maximum Gasteiger partial charge on any atom is 0.319 e. The molecule has 0 aliphatic heterocycles. The third-order valence-corrected chi connectivity index (χ3v) is 6.26. The highest BCUT2D eigenvalue weighted by Crippen LogP contribution is 2.10. The molecule has 178 valence electrons. The Morgan fingerprint density at radius 3 is 1.59 bits per heavy atom. The molecule has 32 heavy (non-hydrogen) atoms. The third-order valence-electron chi connectivity index (χ3n) is 4.22. The Bertz CT molecular complexity index is 771. The van der Waals surface area contributed by atoms with Crippen molar-refractivity contribution in [3.05, 3.63) is 60.7 Å². The molecule has 0 aliphatic carbocycles. The highest BCUT2D eigenvalue weighted by molar-refractivity contribution is 8.69. The summed E-state index contributed by atoms with van der Waals surface area (Å²) >= 11 is 0. The molecule has 0 saturated carbocycles. The topological polar surface area (TPSA) is 94.5 Å². The smallest absolute Gasteiger partial charge is 0.319 e. The van der Waals surface area contributed by atoms with Crippen molar-refractivity contribution >= 4 is 19.9 Å². The zero-order valence-electron chi connectivity index (χ0n) is 18.0. The first-order valence-corrected chi connectivity index (χ1v) is 13.3. The summed E-state index contributed by atoms with van der Waals surface area (Å²) in [5, 5.41) is 0. The van der Waals surface area contributed by atoms with Crippen LogP contribution in [0, 0.1) is 0 Å². The molecule has 0 unspecified atom stereocenters. The summed E-state index contributed by atoms with van der Waals surface area (Å²) in [6, 6.07) is 19.1. The molecular weight excluding hydrogens is 454 g/mol. The third kappa shape index (κ3) is 13.6. The molecule has 1 N–H and O–H groups in total. The molecule has 0 fully saturated rings. The van der Waals surface area contributed by atoms with Gasteiger partial charge in [-0.3, -0.25) is 9.45 Å². The Balaban J connectivity index is 1.59. The highest BCUT2D eigenvalue weighted by Gasteiger charge is 2.10. The number of hydrogen-bond donors (Lipinski definition) is 1. The minimum Gasteiger partial charge on any atom is -0.491 e. The van der Waals surface area contributed by atoms with Gasteiger partial charge in [0.1, 0.15) is 24.7 Å². The van der Waals surface area contributed by atoms with Crippen LogP contribution in [0.1, 0.15) is 0 Å². The molecule has 0 atom stereocenters. The molecular formula is C22H31NO7S2. The molecule has 0 spiro atoms. The monoisotopic (exact) mass is 485 g/mol. The van der Waals surface area contributed by atoms with Crippen molar-refractivity contribution in [1.82, 2.24) is 4.90 Å². The van der Waals surface area contributed by atoms with E-state index >= 15 is 0 Å². The maximum absolute atomic E-state index is 10.9. The number of hydrogen-bond acceptors (Lipinski definition) is 8. The fraction of sp³-hybridized carbons (Fsp3) is 0.455. The molecule has 0 radical (unpaired) electrons. The van der Waals surface area contributed by atoms with Gasteiger partial charge in [0, 0.05) is 25.4 Å². The Labute approximate surface area is 194 Å². The molecule has 0 amide bonds. The minimum absolute atomic E-state index is 0.257. The quantitative estimate of drug-likeness (QED) is 0.194. The molecule has 0 aliphatic rings. The van der Waals surface area contributed by atoms with Gasteiger partial charge < -0.3 is 18.9 Å². The second-order valence-electron chi connectivity index (χ2n) is 6.64. The minimum atomic E-state index is -4.04. The van der Waals surface area contributed by atoms with Crippen LogP contribution in [0.4, 0.5) is 0 Å². The van der Waals surface area contributed by atoms with Crippen LogP contribution in [0.15, 0.2) is 60.7 Å². The van der Waals surface area contributed by atoms with Gasteiger partial charge in [0.15, 0.2) is 0 Å². The van der Waals surface area contributed by atoms with E-state index < -0.39 is 9.15 Å². The summed E-state index contributed by atoms with van der Waals surface area (Å²) in [6.45, 7) is 4.48. The van der Waals surface area contributed by atoms with Gasteiger partial charge in [-0.2, -0.15) is 8.42 Å². The Morgan fingerprint density at radius 1 is 0.688 bits per heavy atom. The average Bonchev–Trinajstić information content (AvgIpc) is 2.78. The van der Waals surface area contributed by atoms with E-state index in [1.54, 1.807) is 0 Å². The summed E-state index contributed by atoms with van der Waals surface area (Å²) in [5.41, 5.74) is 0. The number of ether oxygens (including phenoxy) is 4. The normalized spacial score (nSPS) is 11.6. The summed E-state index contributed by atoms with van der Waals surface area (Å²) in [7, 11) is -3.53. The first-order chi connectivity index (χ1) is 15.5. The van der Waals surface area contributed by atoms with Gasteiger partial charge in [0.25, 0.3) is 0 Å². The van der Waals surface area contributed by atoms with Crippen LogP contribution >= 0.6 is 10.8 Å². The van der Waals surface area contributed by atoms with Gasteiger partial charge in [-0.15, -0.1) is 0 Å². The summed E-state index contributed by atoms with van der Waals surface area (Å²) in [4.78, 5) is 2.04. The van der Waals surface area contributed by atoms with Gasteiger partial charge in [-0.05, 0) is 35.1 Å². The van der Waals surface area contributed by atoms with Crippen LogP contribution < -0.4 is 9.47 Å². The summed E-state index contributed by atoms with van der Waals surface area (Å²) in [6.07, 6.45) is 0. The fourth-order valence-corrected chi connectivity index (χ4v) is 4.07. The number of nitrogens with zero attached hydrogens (tertiary/aromatic N) is 1. The molecule has 0 bridgehead atoms. The van der Waals surface area contributed by atoms with Gasteiger partial charge >= 0.3 is 9.15 Å². The lowest BCUT2D eigenvalue weighted by molar-refractivity contribution is 0.0576. The van der Waals surface area contributed by atoms with Crippen molar-refractivity contribution in [2.75, 3.05) is 65.0 Å². The van der Waals surface area contributed by atoms with Gasteiger partial charge in [-0.1, -0.05) is 36.4 Å². The Hall–Kier alpha value is -1.82. The van der Waals surface area contributed by atoms with Crippen LogP contribution in [-0.2, 0) is 18.6 Å². The van der Waals surface area contributed by atoms with Crippen molar-refractivity contribution in [3.8, 4) is 11.5 Å². The Morgan fingerprint density at radius 2 is 1.16 bits per heavy atom. The second kappa shape index (κ2) is 15.9. The van der Waals surface area contributed by atoms with E-state index in [1.807, 2.05) is 65.6 Å². The van der Waals surface area contributed by atoms with Crippen molar-refractivity contribution in [1.29, 1.82) is 0 Å². The number of para-hydroxylation sites is 2. The van der Waals surface area contributed by atoms with Crippen LogP contribution in [0.3, 0.4) is 0 Å². The molecule has 8 nitrogen and oxygen atoms in total. The molecule has 2 aromatic carbocycles. The zero-order valence-corrected chi connectivity index (χ0v) is 19.6. The zero-order chi connectivity index (χ0) is 22.9. The highest BCUT2D eigenvalue weighted by atomic mass is 33.1. The maximum atomic E-state index is 10.9. The number of rotatable bonds is 18. The van der Waals surface area contributed by atoms with E-state index in [9.17, 15) is 8.42 Å². The molecule has 0 heterocycles. The molecule has 2 aromatic rings. The van der Waals surface area contributed by atoms with Gasteiger partial charge in [-0.25, -0.2) is 0 Å².